The molecule has 26 heavy (non-hydrogen) atoms. The molecule has 1 aliphatic carbocycles. The Hall–Kier alpha value is -2.82. The first-order valence-electron chi connectivity index (χ1n) is 9.19. The number of hydrogen-bond acceptors (Lipinski definition) is 2. The van der Waals surface area contributed by atoms with Crippen LogP contribution in [-0.4, -0.2) is 18.0 Å². The topological polar surface area (TPSA) is 70.2 Å². The third-order valence-corrected chi connectivity index (χ3v) is 4.42. The van der Waals surface area contributed by atoms with Gasteiger partial charge in [-0.25, -0.2) is 4.79 Å². The number of urea groups is 1. The van der Waals surface area contributed by atoms with Gasteiger partial charge in [0.25, 0.3) is 0 Å². The van der Waals surface area contributed by atoms with E-state index in [1.807, 2.05) is 30.3 Å². The van der Waals surface area contributed by atoms with Crippen LogP contribution in [0.25, 0.3) is 0 Å². The standard InChI is InChI=1S/C21H25N3O2/c1-2-6-19(15-7-4-3-5-8-15)20(25)22-16-9-11-17(12-10-16)23-21(26)24-18-13-14-18/h3-5,7-12,18-19H,2,6,13-14H2,1H3,(H,22,25)(H2,23,24,26). The minimum atomic E-state index is -0.184. The van der Waals surface area contributed by atoms with Crippen molar-refractivity contribution in [1.29, 1.82) is 0 Å². The molecule has 3 N–H and O–H groups in total. The first-order chi connectivity index (χ1) is 12.7. The molecular weight excluding hydrogens is 326 g/mol. The first-order valence-corrected chi connectivity index (χ1v) is 9.19. The van der Waals surface area contributed by atoms with Gasteiger partial charge in [0.1, 0.15) is 0 Å². The lowest BCUT2D eigenvalue weighted by atomic mass is 9.93. The Morgan fingerprint density at radius 2 is 1.58 bits per heavy atom. The summed E-state index contributed by atoms with van der Waals surface area (Å²) in [4.78, 5) is 24.5. The number of benzene rings is 2. The van der Waals surface area contributed by atoms with Gasteiger partial charge in [-0.05, 0) is 49.1 Å². The summed E-state index contributed by atoms with van der Waals surface area (Å²) < 4.78 is 0. The van der Waals surface area contributed by atoms with Crippen molar-refractivity contribution in [3.8, 4) is 0 Å². The molecule has 3 amide bonds. The summed E-state index contributed by atoms with van der Waals surface area (Å²) in [7, 11) is 0. The lowest BCUT2D eigenvalue weighted by Gasteiger charge is -2.17. The van der Waals surface area contributed by atoms with Gasteiger partial charge in [-0.3, -0.25) is 4.79 Å². The molecule has 5 heteroatoms. The summed E-state index contributed by atoms with van der Waals surface area (Å²) in [6.07, 6.45) is 3.85. The molecule has 5 nitrogen and oxygen atoms in total. The van der Waals surface area contributed by atoms with Crippen molar-refractivity contribution in [2.24, 2.45) is 0 Å². The molecule has 0 aromatic heterocycles. The van der Waals surface area contributed by atoms with E-state index in [-0.39, 0.29) is 17.9 Å². The van der Waals surface area contributed by atoms with Crippen molar-refractivity contribution >= 4 is 23.3 Å². The zero-order valence-corrected chi connectivity index (χ0v) is 15.0. The Morgan fingerprint density at radius 1 is 0.962 bits per heavy atom. The Morgan fingerprint density at radius 3 is 2.15 bits per heavy atom. The number of hydrogen-bond donors (Lipinski definition) is 3. The number of rotatable bonds is 7. The van der Waals surface area contributed by atoms with Crippen molar-refractivity contribution in [3.63, 3.8) is 0 Å². The second-order valence-electron chi connectivity index (χ2n) is 6.69. The zero-order valence-electron chi connectivity index (χ0n) is 15.0. The molecule has 1 fully saturated rings. The van der Waals surface area contributed by atoms with Crippen LogP contribution in [0.2, 0.25) is 0 Å². The van der Waals surface area contributed by atoms with Gasteiger partial charge in [0.2, 0.25) is 5.91 Å². The van der Waals surface area contributed by atoms with E-state index in [1.54, 1.807) is 24.3 Å². The molecule has 0 saturated heterocycles. The van der Waals surface area contributed by atoms with Gasteiger partial charge in [0, 0.05) is 17.4 Å². The largest absolute Gasteiger partial charge is 0.335 e. The highest BCUT2D eigenvalue weighted by Crippen LogP contribution is 2.24. The summed E-state index contributed by atoms with van der Waals surface area (Å²) in [5.74, 6) is -0.173. The molecule has 0 aliphatic heterocycles. The van der Waals surface area contributed by atoms with Crippen molar-refractivity contribution < 1.29 is 9.59 Å². The predicted molar refractivity (Wildman–Crippen MR) is 104 cm³/mol. The van der Waals surface area contributed by atoms with Crippen molar-refractivity contribution in [2.75, 3.05) is 10.6 Å². The van der Waals surface area contributed by atoms with E-state index < -0.39 is 0 Å². The third kappa shape index (κ3) is 5.09. The summed E-state index contributed by atoms with van der Waals surface area (Å²) in [5, 5.41) is 8.66. The molecule has 1 atom stereocenters. The van der Waals surface area contributed by atoms with Gasteiger partial charge in [0.15, 0.2) is 0 Å². The van der Waals surface area contributed by atoms with Gasteiger partial charge < -0.3 is 16.0 Å². The van der Waals surface area contributed by atoms with Crippen LogP contribution in [0.1, 0.15) is 44.1 Å². The highest BCUT2D eigenvalue weighted by atomic mass is 16.2. The summed E-state index contributed by atoms with van der Waals surface area (Å²) in [6, 6.07) is 17.2. The molecular formula is C21H25N3O2. The zero-order chi connectivity index (χ0) is 18.4. The van der Waals surface area contributed by atoms with Crippen LogP contribution in [0.15, 0.2) is 54.6 Å². The number of carbonyl (C=O) groups is 2. The van der Waals surface area contributed by atoms with Crippen LogP contribution >= 0.6 is 0 Å². The van der Waals surface area contributed by atoms with E-state index in [2.05, 4.69) is 22.9 Å². The summed E-state index contributed by atoms with van der Waals surface area (Å²) in [6.45, 7) is 2.08. The average molecular weight is 351 g/mol. The van der Waals surface area contributed by atoms with Gasteiger partial charge in [-0.15, -0.1) is 0 Å². The number of carbonyl (C=O) groups excluding carboxylic acids is 2. The lowest BCUT2D eigenvalue weighted by Crippen LogP contribution is -2.30. The molecule has 0 heterocycles. The number of anilines is 2. The lowest BCUT2D eigenvalue weighted by molar-refractivity contribution is -0.117. The molecule has 0 spiro atoms. The molecule has 1 unspecified atom stereocenters. The molecule has 0 radical (unpaired) electrons. The van der Waals surface area contributed by atoms with E-state index in [0.29, 0.717) is 11.7 Å². The highest BCUT2D eigenvalue weighted by Gasteiger charge is 2.23. The monoisotopic (exact) mass is 351 g/mol. The van der Waals surface area contributed by atoms with E-state index >= 15 is 0 Å². The molecule has 2 aromatic carbocycles. The van der Waals surface area contributed by atoms with Crippen LogP contribution in [0.5, 0.6) is 0 Å². The fourth-order valence-corrected chi connectivity index (χ4v) is 2.87. The van der Waals surface area contributed by atoms with E-state index in [1.165, 1.54) is 0 Å². The second-order valence-corrected chi connectivity index (χ2v) is 6.69. The van der Waals surface area contributed by atoms with Gasteiger partial charge >= 0.3 is 6.03 Å². The predicted octanol–water partition coefficient (Wildman–Crippen LogP) is 4.49. The van der Waals surface area contributed by atoms with Crippen molar-refractivity contribution in [1.82, 2.24) is 5.32 Å². The number of nitrogens with one attached hydrogen (secondary N) is 3. The maximum absolute atomic E-state index is 12.7. The van der Waals surface area contributed by atoms with E-state index in [4.69, 9.17) is 0 Å². The fraction of sp³-hybridized carbons (Fsp3) is 0.333. The van der Waals surface area contributed by atoms with Crippen LogP contribution < -0.4 is 16.0 Å². The van der Waals surface area contributed by atoms with Crippen molar-refractivity contribution in [2.45, 2.75) is 44.6 Å². The molecule has 0 bridgehead atoms. The Kier molecular flexibility index (Phi) is 5.89. The van der Waals surface area contributed by atoms with Crippen LogP contribution in [0.3, 0.4) is 0 Å². The smallest absolute Gasteiger partial charge is 0.319 e. The molecule has 2 aromatic rings. The molecule has 1 saturated carbocycles. The normalized spacial score (nSPS) is 14.3. The average Bonchev–Trinajstić information content (AvgIpc) is 3.46. The third-order valence-electron chi connectivity index (χ3n) is 4.42. The van der Waals surface area contributed by atoms with Crippen LogP contribution in [0, 0.1) is 0 Å². The van der Waals surface area contributed by atoms with Gasteiger partial charge in [0.05, 0.1) is 5.92 Å². The second kappa shape index (κ2) is 8.52. The Labute approximate surface area is 154 Å². The van der Waals surface area contributed by atoms with Crippen LogP contribution in [-0.2, 0) is 4.79 Å². The minimum absolute atomic E-state index is 0.00904. The Bertz CT molecular complexity index is 740. The Balaban J connectivity index is 1.59. The summed E-state index contributed by atoms with van der Waals surface area (Å²) >= 11 is 0. The molecule has 136 valence electrons. The quantitative estimate of drug-likeness (QED) is 0.688. The maximum atomic E-state index is 12.7. The maximum Gasteiger partial charge on any atom is 0.319 e. The van der Waals surface area contributed by atoms with Crippen molar-refractivity contribution in [3.05, 3.63) is 60.2 Å². The minimum Gasteiger partial charge on any atom is -0.335 e. The fourth-order valence-electron chi connectivity index (χ4n) is 2.87. The number of amides is 3. The van der Waals surface area contributed by atoms with E-state index in [9.17, 15) is 9.59 Å². The molecule has 1 aliphatic rings. The SMILES string of the molecule is CCCC(C(=O)Nc1ccc(NC(=O)NC2CC2)cc1)c1ccccc1. The van der Waals surface area contributed by atoms with Gasteiger partial charge in [-0.2, -0.15) is 0 Å². The first kappa shape index (κ1) is 18.0. The highest BCUT2D eigenvalue weighted by molar-refractivity contribution is 5.96. The van der Waals surface area contributed by atoms with Gasteiger partial charge in [-0.1, -0.05) is 43.7 Å². The molecule has 3 rings (SSSR count). The van der Waals surface area contributed by atoms with Crippen LogP contribution in [0.4, 0.5) is 16.2 Å². The summed E-state index contributed by atoms with van der Waals surface area (Å²) in [5.41, 5.74) is 2.45. The van der Waals surface area contributed by atoms with E-state index in [0.717, 1.165) is 36.9 Å².